The van der Waals surface area contributed by atoms with E-state index in [-0.39, 0.29) is 17.7 Å². The van der Waals surface area contributed by atoms with Gasteiger partial charge in [-0.25, -0.2) is 0 Å². The highest BCUT2D eigenvalue weighted by Crippen LogP contribution is 2.58. The summed E-state index contributed by atoms with van der Waals surface area (Å²) >= 11 is 0. The molecule has 1 aromatic rings. The number of carbonyl (C=O) groups excluding carboxylic acids is 2. The van der Waals surface area contributed by atoms with Gasteiger partial charge in [-0.15, -0.1) is 0 Å². The van der Waals surface area contributed by atoms with Gasteiger partial charge in [0.2, 0.25) is 11.8 Å². The molecule has 0 N–H and O–H groups in total. The maximum atomic E-state index is 13.6. The number of nitrogens with zero attached hydrogens (tertiary/aromatic N) is 2. The number of benzene rings is 1. The van der Waals surface area contributed by atoms with E-state index in [0.717, 1.165) is 51.1 Å². The van der Waals surface area contributed by atoms with Crippen molar-refractivity contribution in [2.75, 3.05) is 33.3 Å². The number of aryl methyl sites for hydroxylation is 1. The Bertz CT molecular complexity index is 819. The molecule has 164 valence electrons. The minimum absolute atomic E-state index is 0.0378. The molecule has 4 rings (SSSR count). The predicted octanol–water partition coefficient (Wildman–Crippen LogP) is 3.86. The van der Waals surface area contributed by atoms with Gasteiger partial charge in [0.1, 0.15) is 5.75 Å². The molecule has 0 spiro atoms. The number of rotatable bonds is 6. The van der Waals surface area contributed by atoms with Crippen molar-refractivity contribution in [3.05, 3.63) is 29.3 Å². The molecule has 0 radical (unpaired) electrons. The number of hydrogen-bond donors (Lipinski definition) is 0. The summed E-state index contributed by atoms with van der Waals surface area (Å²) in [6, 6.07) is 6.45. The van der Waals surface area contributed by atoms with Gasteiger partial charge in [0, 0.05) is 19.5 Å². The number of amides is 2. The van der Waals surface area contributed by atoms with Crippen molar-refractivity contribution in [3.63, 3.8) is 0 Å². The average Bonchev–Trinajstić information content (AvgIpc) is 2.76. The Labute approximate surface area is 180 Å². The molecule has 30 heavy (non-hydrogen) atoms. The summed E-state index contributed by atoms with van der Waals surface area (Å²) in [5.74, 6) is 2.07. The molecule has 1 heterocycles. The van der Waals surface area contributed by atoms with E-state index in [1.54, 1.807) is 12.0 Å². The lowest BCUT2D eigenvalue weighted by Gasteiger charge is -2.54. The van der Waals surface area contributed by atoms with Crippen molar-refractivity contribution in [2.24, 2.45) is 17.3 Å². The maximum Gasteiger partial charge on any atom is 0.235 e. The minimum atomic E-state index is -0.400. The molecule has 1 saturated heterocycles. The zero-order chi connectivity index (χ0) is 21.5. The number of fused-ring (bicyclic) bond motifs is 5. The van der Waals surface area contributed by atoms with Crippen molar-refractivity contribution < 1.29 is 14.3 Å². The summed E-state index contributed by atoms with van der Waals surface area (Å²) < 4.78 is 5.42. The Balaban J connectivity index is 1.55. The van der Waals surface area contributed by atoms with Crippen LogP contribution in [-0.4, -0.2) is 54.9 Å². The van der Waals surface area contributed by atoms with Gasteiger partial charge in [-0.3, -0.25) is 14.5 Å². The Kier molecular flexibility index (Phi) is 5.93. The number of piperidine rings is 1. The molecular formula is C25H36N2O3. The number of likely N-dealkylation sites (tertiary alicyclic amines) is 1. The molecule has 1 aliphatic heterocycles. The topological polar surface area (TPSA) is 49.9 Å². The molecule has 1 aromatic carbocycles. The highest BCUT2D eigenvalue weighted by atomic mass is 16.5. The molecule has 0 aromatic heterocycles. The number of imide groups is 1. The van der Waals surface area contributed by atoms with Crippen molar-refractivity contribution in [1.82, 2.24) is 9.80 Å². The third-order valence-electron chi connectivity index (χ3n) is 8.29. The third-order valence-corrected chi connectivity index (χ3v) is 8.29. The van der Waals surface area contributed by atoms with Crippen LogP contribution in [0.25, 0.3) is 0 Å². The average molecular weight is 413 g/mol. The normalized spacial score (nSPS) is 30.7. The van der Waals surface area contributed by atoms with Crippen molar-refractivity contribution in [1.29, 1.82) is 0 Å². The summed E-state index contributed by atoms with van der Waals surface area (Å²) in [5.41, 5.74) is 2.40. The Morgan fingerprint density at radius 2 is 1.97 bits per heavy atom. The standard InChI is InChI=1S/C25H36N2O3/c1-5-26(6-2)13-14-27-23(28)16-22-21-9-7-17-15-18(30-4)8-10-19(17)20(21)11-12-25(22,3)24(27)29/h8,10,15,20-22H,5-7,9,11-14,16H2,1-4H3/t20?,21-,22?,25+/m1/s1. The zero-order valence-electron chi connectivity index (χ0n) is 18.9. The van der Waals surface area contributed by atoms with E-state index < -0.39 is 5.41 Å². The summed E-state index contributed by atoms with van der Waals surface area (Å²) in [6.07, 6.45) is 4.49. The van der Waals surface area contributed by atoms with Crippen LogP contribution in [0.5, 0.6) is 5.75 Å². The molecule has 2 fully saturated rings. The molecule has 0 bridgehead atoms. The van der Waals surface area contributed by atoms with E-state index >= 15 is 0 Å². The van der Waals surface area contributed by atoms with Crippen molar-refractivity contribution in [2.45, 2.75) is 58.8 Å². The molecule has 2 aliphatic carbocycles. The first kappa shape index (κ1) is 21.4. The lowest BCUT2D eigenvalue weighted by Crippen LogP contribution is -2.60. The first-order valence-corrected chi connectivity index (χ1v) is 11.7. The zero-order valence-corrected chi connectivity index (χ0v) is 18.9. The van der Waals surface area contributed by atoms with Crippen LogP contribution in [-0.2, 0) is 16.0 Å². The van der Waals surface area contributed by atoms with E-state index in [2.05, 4.69) is 43.9 Å². The number of methoxy groups -OCH3 is 1. The van der Waals surface area contributed by atoms with Gasteiger partial charge in [0.05, 0.1) is 12.5 Å². The fraction of sp³-hybridized carbons (Fsp3) is 0.680. The molecule has 5 heteroatoms. The highest BCUT2D eigenvalue weighted by molar-refractivity contribution is 6.01. The first-order valence-electron chi connectivity index (χ1n) is 11.7. The molecular weight excluding hydrogens is 376 g/mol. The number of carbonyl (C=O) groups is 2. The van der Waals surface area contributed by atoms with Crippen LogP contribution in [0, 0.1) is 17.3 Å². The van der Waals surface area contributed by atoms with Crippen LogP contribution >= 0.6 is 0 Å². The molecule has 1 saturated carbocycles. The van der Waals surface area contributed by atoms with Crippen LogP contribution in [0.1, 0.15) is 63.5 Å². The van der Waals surface area contributed by atoms with E-state index in [1.807, 2.05) is 0 Å². The summed E-state index contributed by atoms with van der Waals surface area (Å²) in [6.45, 7) is 9.57. The predicted molar refractivity (Wildman–Crippen MR) is 118 cm³/mol. The lowest BCUT2D eigenvalue weighted by molar-refractivity contribution is -0.167. The van der Waals surface area contributed by atoms with Gasteiger partial charge in [-0.1, -0.05) is 26.8 Å². The van der Waals surface area contributed by atoms with Crippen LogP contribution in [0.3, 0.4) is 0 Å². The molecule has 5 nitrogen and oxygen atoms in total. The summed E-state index contributed by atoms with van der Waals surface area (Å²) in [7, 11) is 1.71. The largest absolute Gasteiger partial charge is 0.497 e. The third kappa shape index (κ3) is 3.45. The van der Waals surface area contributed by atoms with Gasteiger partial charge in [-0.05, 0) is 79.8 Å². The lowest BCUT2D eigenvalue weighted by atomic mass is 9.52. The van der Waals surface area contributed by atoms with Gasteiger partial charge in [0.25, 0.3) is 0 Å². The number of hydrogen-bond acceptors (Lipinski definition) is 4. The van der Waals surface area contributed by atoms with Crippen LogP contribution in [0.4, 0.5) is 0 Å². The number of ether oxygens (including phenoxy) is 1. The highest BCUT2D eigenvalue weighted by Gasteiger charge is 2.57. The maximum absolute atomic E-state index is 13.6. The fourth-order valence-corrected chi connectivity index (χ4v) is 6.38. The van der Waals surface area contributed by atoms with E-state index in [4.69, 9.17) is 4.74 Å². The Hall–Kier alpha value is -1.88. The van der Waals surface area contributed by atoms with Crippen LogP contribution in [0.15, 0.2) is 18.2 Å². The van der Waals surface area contributed by atoms with Gasteiger partial charge in [-0.2, -0.15) is 0 Å². The van der Waals surface area contributed by atoms with Crippen LogP contribution < -0.4 is 4.74 Å². The second-order valence-corrected chi connectivity index (χ2v) is 9.52. The van der Waals surface area contributed by atoms with E-state index in [9.17, 15) is 9.59 Å². The molecule has 2 amide bonds. The second kappa shape index (κ2) is 8.33. The molecule has 4 atom stereocenters. The smallest absolute Gasteiger partial charge is 0.235 e. The summed E-state index contributed by atoms with van der Waals surface area (Å²) in [5, 5.41) is 0. The van der Waals surface area contributed by atoms with Crippen molar-refractivity contribution in [3.8, 4) is 5.75 Å². The monoisotopic (exact) mass is 412 g/mol. The summed E-state index contributed by atoms with van der Waals surface area (Å²) in [4.78, 5) is 30.5. The first-order chi connectivity index (χ1) is 14.4. The quantitative estimate of drug-likeness (QED) is 0.666. The molecule has 3 aliphatic rings. The van der Waals surface area contributed by atoms with Gasteiger partial charge in [0.15, 0.2) is 0 Å². The number of likely N-dealkylation sites (N-methyl/N-ethyl adjacent to an activating group) is 1. The van der Waals surface area contributed by atoms with E-state index in [1.165, 1.54) is 11.1 Å². The van der Waals surface area contributed by atoms with Crippen molar-refractivity contribution >= 4 is 11.8 Å². The van der Waals surface area contributed by atoms with E-state index in [0.29, 0.717) is 24.8 Å². The van der Waals surface area contributed by atoms with Crippen LogP contribution in [0.2, 0.25) is 0 Å². The fourth-order valence-electron chi connectivity index (χ4n) is 6.38. The van der Waals surface area contributed by atoms with Gasteiger partial charge < -0.3 is 9.64 Å². The minimum Gasteiger partial charge on any atom is -0.497 e. The second-order valence-electron chi connectivity index (χ2n) is 9.52. The Morgan fingerprint density at radius 1 is 1.20 bits per heavy atom. The Morgan fingerprint density at radius 3 is 2.67 bits per heavy atom. The SMILES string of the molecule is CCN(CC)CCN1C(=O)CC2[C@@H]3CCc4cc(OC)ccc4C3CC[C@]2(C)C1=O. The molecule has 2 unspecified atom stereocenters. The van der Waals surface area contributed by atoms with Gasteiger partial charge >= 0.3 is 0 Å².